The van der Waals surface area contributed by atoms with Crippen molar-refractivity contribution >= 4 is 66.7 Å². The first-order valence-corrected chi connectivity index (χ1v) is 16.0. The zero-order valence-electron chi connectivity index (χ0n) is 22.9. The van der Waals surface area contributed by atoms with E-state index in [-0.39, 0.29) is 23.0 Å². The number of nitrogens with zero attached hydrogens (tertiary/aromatic N) is 2. The van der Waals surface area contributed by atoms with Crippen molar-refractivity contribution in [3.63, 3.8) is 0 Å². The van der Waals surface area contributed by atoms with Gasteiger partial charge in [0.25, 0.3) is 10.0 Å². The number of rotatable bonds is 13. The Morgan fingerprint density at radius 3 is 2.20 bits per heavy atom. The molecule has 0 spiro atoms. The first kappa shape index (κ1) is 32.7. The van der Waals surface area contributed by atoms with Gasteiger partial charge in [-0.3, -0.25) is 13.9 Å². The fourth-order valence-electron chi connectivity index (χ4n) is 4.18. The number of carbonyl (C=O) groups is 2. The topological polar surface area (TPSA) is 96.0 Å². The van der Waals surface area contributed by atoms with Crippen LogP contribution in [-0.4, -0.2) is 50.9 Å². The number of carbonyl (C=O) groups excluding carboxylic acids is 2. The van der Waals surface area contributed by atoms with Crippen LogP contribution in [0.2, 0.25) is 10.0 Å². The summed E-state index contributed by atoms with van der Waals surface area (Å²) in [5.74, 6) is -0.370. The number of amides is 2. The SMILES string of the molecule is CCNC(=O)[C@@H](CC)N(Cc1ccc(Cl)cc1Cl)C(=O)CN(c1ccc(OCC)cc1)S(=O)(=O)c1ccc(Br)cc1. The zero-order chi connectivity index (χ0) is 30.2. The van der Waals surface area contributed by atoms with Crippen LogP contribution in [0.25, 0.3) is 0 Å². The summed E-state index contributed by atoms with van der Waals surface area (Å²) in [7, 11) is -4.19. The van der Waals surface area contributed by atoms with Gasteiger partial charge in [0, 0.05) is 27.6 Å². The molecule has 2 amide bonds. The summed E-state index contributed by atoms with van der Waals surface area (Å²) in [5.41, 5.74) is 0.829. The van der Waals surface area contributed by atoms with Gasteiger partial charge in [-0.1, -0.05) is 52.1 Å². The van der Waals surface area contributed by atoms with Crippen LogP contribution in [-0.2, 0) is 26.2 Å². The highest BCUT2D eigenvalue weighted by molar-refractivity contribution is 9.10. The van der Waals surface area contributed by atoms with Gasteiger partial charge in [0.05, 0.1) is 17.2 Å². The van der Waals surface area contributed by atoms with Crippen LogP contribution in [0.3, 0.4) is 0 Å². The number of sulfonamides is 1. The molecule has 0 aliphatic heterocycles. The lowest BCUT2D eigenvalue weighted by Crippen LogP contribution is -2.52. The van der Waals surface area contributed by atoms with E-state index in [1.165, 1.54) is 17.0 Å². The highest BCUT2D eigenvalue weighted by Crippen LogP contribution is 2.28. The van der Waals surface area contributed by atoms with E-state index in [0.29, 0.717) is 45.4 Å². The van der Waals surface area contributed by atoms with Gasteiger partial charge in [-0.15, -0.1) is 0 Å². The fourth-order valence-corrected chi connectivity index (χ4v) is 6.33. The van der Waals surface area contributed by atoms with Gasteiger partial charge in [0.15, 0.2) is 0 Å². The minimum absolute atomic E-state index is 0.00504. The Balaban J connectivity index is 2.08. The van der Waals surface area contributed by atoms with E-state index in [1.807, 2.05) is 6.92 Å². The molecule has 0 aromatic heterocycles. The van der Waals surface area contributed by atoms with Crippen molar-refractivity contribution in [2.24, 2.45) is 0 Å². The first-order valence-electron chi connectivity index (χ1n) is 13.0. The smallest absolute Gasteiger partial charge is 0.264 e. The van der Waals surface area contributed by atoms with Gasteiger partial charge >= 0.3 is 0 Å². The molecule has 0 aliphatic rings. The zero-order valence-corrected chi connectivity index (χ0v) is 26.9. The summed E-state index contributed by atoms with van der Waals surface area (Å²) < 4.78 is 35.1. The molecule has 3 aromatic carbocycles. The number of benzene rings is 3. The molecule has 41 heavy (non-hydrogen) atoms. The molecular weight excluding hydrogens is 653 g/mol. The van der Waals surface area contributed by atoms with Crippen molar-refractivity contribution in [2.45, 2.75) is 44.7 Å². The minimum Gasteiger partial charge on any atom is -0.494 e. The van der Waals surface area contributed by atoms with Gasteiger partial charge in [-0.2, -0.15) is 0 Å². The molecule has 0 saturated carbocycles. The van der Waals surface area contributed by atoms with Crippen LogP contribution in [0.5, 0.6) is 5.75 Å². The van der Waals surface area contributed by atoms with Gasteiger partial charge < -0.3 is 15.0 Å². The van der Waals surface area contributed by atoms with Crippen molar-refractivity contribution in [3.05, 3.63) is 86.8 Å². The lowest BCUT2D eigenvalue weighted by Gasteiger charge is -2.33. The number of nitrogens with one attached hydrogen (secondary N) is 1. The third-order valence-corrected chi connectivity index (χ3v) is 9.11. The van der Waals surface area contributed by atoms with E-state index >= 15 is 0 Å². The molecule has 8 nitrogen and oxygen atoms in total. The molecular formula is C29H32BrCl2N3O5S. The molecule has 0 bridgehead atoms. The third kappa shape index (κ3) is 8.38. The maximum atomic E-state index is 14.1. The molecule has 0 radical (unpaired) electrons. The van der Waals surface area contributed by atoms with Crippen LogP contribution in [0.15, 0.2) is 76.1 Å². The lowest BCUT2D eigenvalue weighted by atomic mass is 10.1. The van der Waals surface area contributed by atoms with Gasteiger partial charge in [0.1, 0.15) is 18.3 Å². The maximum Gasteiger partial charge on any atom is 0.264 e. The predicted molar refractivity (Wildman–Crippen MR) is 166 cm³/mol. The summed E-state index contributed by atoms with van der Waals surface area (Å²) in [6.45, 7) is 5.64. The Bertz CT molecular complexity index is 1450. The molecule has 0 unspecified atom stereocenters. The monoisotopic (exact) mass is 683 g/mol. The second-order valence-electron chi connectivity index (χ2n) is 8.97. The van der Waals surface area contributed by atoms with E-state index in [4.69, 9.17) is 27.9 Å². The maximum absolute atomic E-state index is 14.1. The molecule has 220 valence electrons. The average molecular weight is 685 g/mol. The standard InChI is InChI=1S/C29H32BrCl2N3O5S/c1-4-27(29(37)33-5-2)34(18-20-7-10-22(31)17-26(20)32)28(36)19-35(23-11-13-24(14-12-23)40-6-3)41(38,39)25-15-8-21(30)9-16-25/h7-17,27H,4-6,18-19H2,1-3H3,(H,33,37)/t27-/m1/s1. The number of ether oxygens (including phenoxy) is 1. The molecule has 0 heterocycles. The highest BCUT2D eigenvalue weighted by Gasteiger charge is 2.34. The Morgan fingerprint density at radius 1 is 0.976 bits per heavy atom. The summed E-state index contributed by atoms with van der Waals surface area (Å²) >= 11 is 15.8. The summed E-state index contributed by atoms with van der Waals surface area (Å²) in [6.07, 6.45) is 0.297. The normalized spacial score (nSPS) is 12.0. The number of hydrogen-bond donors (Lipinski definition) is 1. The largest absolute Gasteiger partial charge is 0.494 e. The lowest BCUT2D eigenvalue weighted by molar-refractivity contribution is -0.140. The number of likely N-dealkylation sites (N-methyl/N-ethyl adjacent to an activating group) is 1. The Kier molecular flexibility index (Phi) is 11.9. The van der Waals surface area contributed by atoms with Crippen molar-refractivity contribution in [3.8, 4) is 5.75 Å². The van der Waals surface area contributed by atoms with Crippen molar-refractivity contribution in [1.29, 1.82) is 0 Å². The first-order chi connectivity index (χ1) is 19.5. The second-order valence-corrected chi connectivity index (χ2v) is 12.6. The molecule has 3 aromatic rings. The van der Waals surface area contributed by atoms with Crippen molar-refractivity contribution < 1.29 is 22.7 Å². The summed E-state index contributed by atoms with van der Waals surface area (Å²) in [4.78, 5) is 28.5. The highest BCUT2D eigenvalue weighted by atomic mass is 79.9. The molecule has 0 fully saturated rings. The molecule has 0 saturated heterocycles. The summed E-state index contributed by atoms with van der Waals surface area (Å²) in [5, 5.41) is 3.52. The van der Waals surface area contributed by atoms with Crippen molar-refractivity contribution in [2.75, 3.05) is 24.0 Å². The molecule has 1 atom stereocenters. The fraction of sp³-hybridized carbons (Fsp3) is 0.310. The van der Waals surface area contributed by atoms with E-state index in [9.17, 15) is 18.0 Å². The number of halogens is 3. The predicted octanol–water partition coefficient (Wildman–Crippen LogP) is 6.29. The molecule has 0 aliphatic carbocycles. The van der Waals surface area contributed by atoms with Gasteiger partial charge in [0.2, 0.25) is 11.8 Å². The number of anilines is 1. The van der Waals surface area contributed by atoms with Crippen LogP contribution < -0.4 is 14.4 Å². The average Bonchev–Trinajstić information content (AvgIpc) is 2.93. The minimum atomic E-state index is -4.19. The second kappa shape index (κ2) is 14.9. The van der Waals surface area contributed by atoms with Gasteiger partial charge in [-0.05, 0) is 86.5 Å². The van der Waals surface area contributed by atoms with E-state index in [0.717, 1.165) is 4.31 Å². The van der Waals surface area contributed by atoms with Crippen LogP contribution in [0.4, 0.5) is 5.69 Å². The Labute approximate surface area is 259 Å². The third-order valence-electron chi connectivity index (χ3n) is 6.21. The van der Waals surface area contributed by atoms with Crippen LogP contribution >= 0.6 is 39.1 Å². The molecule has 3 rings (SSSR count). The number of hydrogen-bond acceptors (Lipinski definition) is 5. The Hall–Kier alpha value is -2.79. The molecule has 12 heteroatoms. The van der Waals surface area contributed by atoms with E-state index in [1.54, 1.807) is 68.4 Å². The molecule has 1 N–H and O–H groups in total. The quantitative estimate of drug-likeness (QED) is 0.228. The van der Waals surface area contributed by atoms with Gasteiger partial charge in [-0.25, -0.2) is 8.42 Å². The van der Waals surface area contributed by atoms with Crippen molar-refractivity contribution in [1.82, 2.24) is 10.2 Å². The van der Waals surface area contributed by atoms with Crippen LogP contribution in [0.1, 0.15) is 32.8 Å². The van der Waals surface area contributed by atoms with E-state index < -0.39 is 28.5 Å². The van der Waals surface area contributed by atoms with E-state index in [2.05, 4.69) is 21.2 Å². The summed E-state index contributed by atoms with van der Waals surface area (Å²) in [6, 6.07) is 16.6. The Morgan fingerprint density at radius 2 is 1.63 bits per heavy atom. The van der Waals surface area contributed by atoms with Crippen LogP contribution in [0, 0.1) is 0 Å².